The second kappa shape index (κ2) is 8.45. The van der Waals surface area contributed by atoms with E-state index in [4.69, 9.17) is 9.47 Å². The van der Waals surface area contributed by atoms with Crippen molar-refractivity contribution in [1.82, 2.24) is 4.57 Å². The Morgan fingerprint density at radius 2 is 1.67 bits per heavy atom. The fourth-order valence-electron chi connectivity index (χ4n) is 3.04. The van der Waals surface area contributed by atoms with E-state index < -0.39 is 0 Å². The zero-order valence-electron chi connectivity index (χ0n) is 15.5. The largest absolute Gasteiger partial charge is 0.507 e. The molecule has 27 heavy (non-hydrogen) atoms. The first kappa shape index (κ1) is 18.6. The highest BCUT2D eigenvalue weighted by Gasteiger charge is 2.11. The van der Waals surface area contributed by atoms with Crippen molar-refractivity contribution < 1.29 is 14.6 Å². The number of pyridine rings is 1. The Labute approximate surface area is 158 Å². The summed E-state index contributed by atoms with van der Waals surface area (Å²) in [5, 5.41) is 10.1. The van der Waals surface area contributed by atoms with E-state index in [0.29, 0.717) is 36.4 Å². The van der Waals surface area contributed by atoms with E-state index in [1.165, 1.54) is 0 Å². The third-order valence-electron chi connectivity index (χ3n) is 4.55. The van der Waals surface area contributed by atoms with Crippen LogP contribution in [0.2, 0.25) is 0 Å². The summed E-state index contributed by atoms with van der Waals surface area (Å²) in [5.41, 5.74) is 2.27. The molecule has 5 heteroatoms. The second-order valence-corrected chi connectivity index (χ2v) is 6.28. The average Bonchev–Trinajstić information content (AvgIpc) is 2.71. The number of aromatic nitrogens is 1. The highest BCUT2D eigenvalue weighted by molar-refractivity contribution is 5.43. The van der Waals surface area contributed by atoms with Crippen LogP contribution in [0.25, 0.3) is 0 Å². The number of ether oxygens (including phenoxy) is 2. The van der Waals surface area contributed by atoms with Crippen LogP contribution in [-0.2, 0) is 19.4 Å². The predicted octanol–water partition coefficient (Wildman–Crippen LogP) is 3.40. The van der Waals surface area contributed by atoms with Crippen LogP contribution in [0.4, 0.5) is 0 Å². The van der Waals surface area contributed by atoms with Gasteiger partial charge in [0.2, 0.25) is 0 Å². The van der Waals surface area contributed by atoms with Crippen LogP contribution in [0, 0.1) is 0 Å². The molecule has 0 radical (unpaired) electrons. The number of aromatic hydroxyl groups is 1. The standard InChI is InChI=1S/C22H23NO4/c1-26-20-9-8-17(15-21(20)27-2)10-12-23-13-11-19(24)18(22(23)25)14-16-6-4-3-5-7-16/h3-9,11,13,15,24H,10,12,14H2,1-2H3. The molecule has 1 aromatic heterocycles. The van der Waals surface area contributed by atoms with Gasteiger partial charge in [-0.3, -0.25) is 4.79 Å². The third kappa shape index (κ3) is 4.31. The minimum absolute atomic E-state index is 0.0335. The SMILES string of the molecule is COc1ccc(CCn2ccc(O)c(Cc3ccccc3)c2=O)cc1OC. The monoisotopic (exact) mass is 365 g/mol. The molecule has 0 aliphatic carbocycles. The van der Waals surface area contributed by atoms with Crippen molar-refractivity contribution in [2.45, 2.75) is 19.4 Å². The van der Waals surface area contributed by atoms with Crippen molar-refractivity contribution in [2.75, 3.05) is 14.2 Å². The predicted molar refractivity (Wildman–Crippen MR) is 105 cm³/mol. The van der Waals surface area contributed by atoms with Crippen molar-refractivity contribution in [3.05, 3.63) is 87.8 Å². The molecule has 0 bridgehead atoms. The average molecular weight is 365 g/mol. The molecule has 0 saturated carbocycles. The van der Waals surface area contributed by atoms with Crippen LogP contribution < -0.4 is 15.0 Å². The number of hydrogen-bond acceptors (Lipinski definition) is 4. The van der Waals surface area contributed by atoms with E-state index in [1.807, 2.05) is 48.5 Å². The fourth-order valence-corrected chi connectivity index (χ4v) is 3.04. The number of aryl methyl sites for hydroxylation is 2. The van der Waals surface area contributed by atoms with E-state index in [-0.39, 0.29) is 11.3 Å². The summed E-state index contributed by atoms with van der Waals surface area (Å²) in [7, 11) is 3.20. The Morgan fingerprint density at radius 1 is 0.926 bits per heavy atom. The fraction of sp³-hybridized carbons (Fsp3) is 0.227. The van der Waals surface area contributed by atoms with Crippen LogP contribution in [0.15, 0.2) is 65.6 Å². The van der Waals surface area contributed by atoms with Crippen molar-refractivity contribution in [1.29, 1.82) is 0 Å². The van der Waals surface area contributed by atoms with Crippen LogP contribution in [0.1, 0.15) is 16.7 Å². The zero-order valence-corrected chi connectivity index (χ0v) is 15.5. The topological polar surface area (TPSA) is 60.7 Å². The molecule has 0 fully saturated rings. The highest BCUT2D eigenvalue weighted by atomic mass is 16.5. The minimum atomic E-state index is -0.167. The van der Waals surface area contributed by atoms with Gasteiger partial charge in [0.15, 0.2) is 11.5 Å². The molecule has 1 heterocycles. The Morgan fingerprint density at radius 3 is 2.37 bits per heavy atom. The van der Waals surface area contributed by atoms with Crippen molar-refractivity contribution in [3.63, 3.8) is 0 Å². The Kier molecular flexibility index (Phi) is 5.81. The van der Waals surface area contributed by atoms with Crippen molar-refractivity contribution in [2.24, 2.45) is 0 Å². The summed E-state index contributed by atoms with van der Waals surface area (Å²) in [6.07, 6.45) is 2.70. The van der Waals surface area contributed by atoms with Gasteiger partial charge >= 0.3 is 0 Å². The molecular weight excluding hydrogens is 342 g/mol. The second-order valence-electron chi connectivity index (χ2n) is 6.28. The molecule has 0 saturated heterocycles. The molecule has 0 unspecified atom stereocenters. The van der Waals surface area contributed by atoms with Gasteiger partial charge in [-0.2, -0.15) is 0 Å². The maximum absolute atomic E-state index is 12.8. The Bertz CT molecular complexity index is 964. The summed E-state index contributed by atoms with van der Waals surface area (Å²) >= 11 is 0. The third-order valence-corrected chi connectivity index (χ3v) is 4.55. The molecule has 2 aromatic carbocycles. The first-order valence-electron chi connectivity index (χ1n) is 8.78. The summed E-state index contributed by atoms with van der Waals surface area (Å²) < 4.78 is 12.2. The molecule has 1 N–H and O–H groups in total. The van der Waals surface area contributed by atoms with Crippen LogP contribution >= 0.6 is 0 Å². The molecule has 3 rings (SSSR count). The molecule has 5 nitrogen and oxygen atoms in total. The van der Waals surface area contributed by atoms with E-state index in [0.717, 1.165) is 11.1 Å². The summed E-state index contributed by atoms with van der Waals surface area (Å²) in [4.78, 5) is 12.8. The van der Waals surface area contributed by atoms with Gasteiger partial charge in [0, 0.05) is 19.2 Å². The smallest absolute Gasteiger partial charge is 0.257 e. The minimum Gasteiger partial charge on any atom is -0.507 e. The first-order valence-corrected chi connectivity index (χ1v) is 8.78. The molecule has 3 aromatic rings. The number of hydrogen-bond donors (Lipinski definition) is 1. The molecule has 0 atom stereocenters. The lowest BCUT2D eigenvalue weighted by atomic mass is 10.1. The normalized spacial score (nSPS) is 10.6. The quantitative estimate of drug-likeness (QED) is 0.697. The molecule has 140 valence electrons. The highest BCUT2D eigenvalue weighted by Crippen LogP contribution is 2.27. The summed E-state index contributed by atoms with van der Waals surface area (Å²) in [5.74, 6) is 1.37. The molecule has 0 aliphatic rings. The molecule has 0 amide bonds. The van der Waals surface area contributed by atoms with Gasteiger partial charge in [-0.05, 0) is 35.7 Å². The summed E-state index contributed by atoms with van der Waals surface area (Å²) in [6.45, 7) is 0.510. The Balaban J connectivity index is 1.80. The number of nitrogens with zero attached hydrogens (tertiary/aromatic N) is 1. The van der Waals surface area contributed by atoms with Crippen LogP contribution in [0.5, 0.6) is 17.2 Å². The summed E-state index contributed by atoms with van der Waals surface area (Å²) in [6, 6.07) is 17.0. The van der Waals surface area contributed by atoms with Gasteiger partial charge in [0.1, 0.15) is 5.75 Å². The zero-order chi connectivity index (χ0) is 19.2. The number of benzene rings is 2. The first-order chi connectivity index (χ1) is 13.1. The van der Waals surface area contributed by atoms with Gasteiger partial charge in [-0.15, -0.1) is 0 Å². The van der Waals surface area contributed by atoms with E-state index >= 15 is 0 Å². The molecule has 0 aliphatic heterocycles. The van der Waals surface area contributed by atoms with Gasteiger partial charge < -0.3 is 19.1 Å². The number of rotatable bonds is 7. The molecule has 0 spiro atoms. The molecular formula is C22H23NO4. The maximum atomic E-state index is 12.8. The lowest BCUT2D eigenvalue weighted by Crippen LogP contribution is -2.24. The van der Waals surface area contributed by atoms with Crippen LogP contribution in [0.3, 0.4) is 0 Å². The maximum Gasteiger partial charge on any atom is 0.257 e. The van der Waals surface area contributed by atoms with Crippen LogP contribution in [-0.4, -0.2) is 23.9 Å². The lowest BCUT2D eigenvalue weighted by molar-refractivity contribution is 0.354. The van der Waals surface area contributed by atoms with Gasteiger partial charge in [-0.25, -0.2) is 0 Å². The van der Waals surface area contributed by atoms with Gasteiger partial charge in [0.05, 0.1) is 19.8 Å². The van der Waals surface area contributed by atoms with Crippen molar-refractivity contribution >= 4 is 0 Å². The number of methoxy groups -OCH3 is 2. The van der Waals surface area contributed by atoms with Gasteiger partial charge in [-0.1, -0.05) is 36.4 Å². The van der Waals surface area contributed by atoms with E-state index in [1.54, 1.807) is 31.0 Å². The van der Waals surface area contributed by atoms with Crippen molar-refractivity contribution in [3.8, 4) is 17.2 Å². The Hall–Kier alpha value is -3.21. The lowest BCUT2D eigenvalue weighted by Gasteiger charge is -2.12. The van der Waals surface area contributed by atoms with E-state index in [2.05, 4.69) is 0 Å². The van der Waals surface area contributed by atoms with Gasteiger partial charge in [0.25, 0.3) is 5.56 Å². The van der Waals surface area contributed by atoms with E-state index in [9.17, 15) is 9.90 Å².